The quantitative estimate of drug-likeness (QED) is 0.711. The molecule has 0 spiro atoms. The van der Waals surface area contributed by atoms with E-state index in [0.717, 1.165) is 24.1 Å². The summed E-state index contributed by atoms with van der Waals surface area (Å²) < 4.78 is 15.7. The van der Waals surface area contributed by atoms with Crippen LogP contribution < -0.4 is 10.4 Å². The number of hydrogen-bond acceptors (Lipinski definition) is 7. The molecule has 3 heterocycles. The second-order valence-electron chi connectivity index (χ2n) is 5.07. The van der Waals surface area contributed by atoms with Gasteiger partial charge in [0.25, 0.3) is 5.19 Å². The van der Waals surface area contributed by atoms with Crippen LogP contribution >= 0.6 is 22.7 Å². The molecular formula is C13H13N5O2S2. The molecule has 0 atom stereocenters. The Morgan fingerprint density at radius 2 is 2.32 bits per heavy atom. The third-order valence-electron chi connectivity index (χ3n) is 3.51. The van der Waals surface area contributed by atoms with Gasteiger partial charge in [-0.3, -0.25) is 0 Å². The van der Waals surface area contributed by atoms with E-state index in [2.05, 4.69) is 15.4 Å². The summed E-state index contributed by atoms with van der Waals surface area (Å²) in [7, 11) is 1.57. The van der Waals surface area contributed by atoms with E-state index in [9.17, 15) is 4.79 Å². The summed E-state index contributed by atoms with van der Waals surface area (Å²) in [4.78, 5) is 17.3. The van der Waals surface area contributed by atoms with Crippen molar-refractivity contribution in [2.45, 2.75) is 25.4 Å². The van der Waals surface area contributed by atoms with Gasteiger partial charge in [-0.25, -0.2) is 9.78 Å². The van der Waals surface area contributed by atoms with Crippen molar-refractivity contribution in [3.8, 4) is 10.9 Å². The number of tetrazole rings is 1. The molecule has 7 nitrogen and oxygen atoms in total. The molecule has 9 heteroatoms. The van der Waals surface area contributed by atoms with E-state index < -0.39 is 0 Å². The molecule has 0 aromatic carbocycles. The molecular weight excluding hydrogens is 322 g/mol. The maximum absolute atomic E-state index is 12.1. The first-order valence-electron chi connectivity index (χ1n) is 7.28. The number of aryl methyl sites for hydroxylation is 1. The fourth-order valence-corrected chi connectivity index (χ4v) is 3.90. The summed E-state index contributed by atoms with van der Waals surface area (Å²) >= 11 is 2.92. The van der Waals surface area contributed by atoms with Crippen molar-refractivity contribution in [2.24, 2.45) is 7.05 Å². The van der Waals surface area contributed by atoms with Gasteiger partial charge in [0, 0.05) is 34.4 Å². The van der Waals surface area contributed by atoms with Crippen molar-refractivity contribution in [3.63, 3.8) is 0 Å². The Hall–Kier alpha value is -2.00. The molecule has 1 aliphatic carbocycles. The van der Waals surface area contributed by atoms with Crippen LogP contribution in [0.5, 0.6) is 5.19 Å². The predicted octanol–water partition coefficient (Wildman–Crippen LogP) is 1.94. The smallest absolute Gasteiger partial charge is 0.368 e. The zero-order chi connectivity index (χ0) is 16.0. The van der Waals surface area contributed by atoms with Gasteiger partial charge in [0.05, 0.1) is 7.06 Å². The number of rotatable bonds is 5. The van der Waals surface area contributed by atoms with Crippen LogP contribution in [0.3, 0.4) is 0 Å². The summed E-state index contributed by atoms with van der Waals surface area (Å²) in [5.41, 5.74) is 1.40. The van der Waals surface area contributed by atoms with Crippen LogP contribution in [-0.4, -0.2) is 24.8 Å². The highest BCUT2D eigenvalue weighted by Crippen LogP contribution is 2.46. The van der Waals surface area contributed by atoms with Gasteiger partial charge in [0.15, 0.2) is 0 Å². The highest BCUT2D eigenvalue weighted by Gasteiger charge is 2.30. The lowest BCUT2D eigenvalue weighted by atomic mass is 10.2. The molecule has 1 aliphatic rings. The van der Waals surface area contributed by atoms with Crippen LogP contribution in [-0.2, 0) is 13.7 Å². The van der Waals surface area contributed by atoms with Crippen LogP contribution in [0.4, 0.5) is 0 Å². The Labute approximate surface area is 135 Å². The van der Waals surface area contributed by atoms with Crippen LogP contribution in [0.2, 0.25) is 0 Å². The zero-order valence-corrected chi connectivity index (χ0v) is 13.4. The molecule has 4 rings (SSSR count). The molecule has 114 valence electrons. The summed E-state index contributed by atoms with van der Waals surface area (Å²) in [6, 6.07) is 0. The molecule has 0 N–H and O–H groups in total. The Morgan fingerprint density at radius 1 is 1.45 bits per heavy atom. The number of aromatic nitrogens is 5. The van der Waals surface area contributed by atoms with E-state index in [-0.39, 0.29) is 11.9 Å². The van der Waals surface area contributed by atoms with Gasteiger partial charge < -0.3 is 4.74 Å². The van der Waals surface area contributed by atoms with Crippen molar-refractivity contribution in [3.05, 3.63) is 37.9 Å². The lowest BCUT2D eigenvalue weighted by Gasteiger charge is -2.06. The Balaban J connectivity index is 1.69. The van der Waals surface area contributed by atoms with Crippen LogP contribution in [0.1, 0.15) is 30.6 Å². The van der Waals surface area contributed by atoms with Crippen LogP contribution in [0.25, 0.3) is 5.69 Å². The number of ether oxygens (including phenoxy) is 1. The van der Waals surface area contributed by atoms with E-state index in [4.69, 9.17) is 6.11 Å². The summed E-state index contributed by atoms with van der Waals surface area (Å²) in [6.07, 6.45) is 2.52. The molecule has 22 heavy (non-hydrogen) atoms. The Morgan fingerprint density at radius 3 is 2.95 bits per heavy atom. The van der Waals surface area contributed by atoms with Gasteiger partial charge in [-0.2, -0.15) is 9.36 Å². The first-order valence-corrected chi connectivity index (χ1v) is 8.54. The number of thiophene rings is 1. The maximum Gasteiger partial charge on any atom is 0.368 e. The number of hydrogen-bond donors (Lipinski definition) is 0. The molecule has 0 bridgehead atoms. The average molecular weight is 337 g/mol. The van der Waals surface area contributed by atoms with Gasteiger partial charge in [0.1, 0.15) is 6.61 Å². The molecule has 3 aromatic heterocycles. The summed E-state index contributed by atoms with van der Waals surface area (Å²) in [5, 5.41) is 11.7. The largest absolute Gasteiger partial charge is 0.465 e. The molecule has 0 unspecified atom stereocenters. The van der Waals surface area contributed by atoms with E-state index in [1.807, 2.05) is 5.38 Å². The van der Waals surface area contributed by atoms with Crippen molar-refractivity contribution >= 4 is 22.7 Å². The second-order valence-corrected chi connectivity index (χ2v) is 6.80. The Kier molecular flexibility index (Phi) is 3.03. The maximum atomic E-state index is 12.1. The average Bonchev–Trinajstić information content (AvgIpc) is 3.03. The van der Waals surface area contributed by atoms with Gasteiger partial charge in [0.2, 0.25) is 0 Å². The highest BCUT2D eigenvalue weighted by atomic mass is 32.1. The van der Waals surface area contributed by atoms with Crippen LogP contribution in [0.15, 0.2) is 21.7 Å². The monoisotopic (exact) mass is 337 g/mol. The first kappa shape index (κ1) is 12.5. The molecule has 0 amide bonds. The van der Waals surface area contributed by atoms with Gasteiger partial charge in [-0.1, -0.05) is 11.3 Å². The van der Waals surface area contributed by atoms with Crippen molar-refractivity contribution < 1.29 is 6.11 Å². The second kappa shape index (κ2) is 5.33. The third kappa shape index (κ3) is 2.35. The van der Waals surface area contributed by atoms with Gasteiger partial charge >= 0.3 is 5.69 Å². The van der Waals surface area contributed by atoms with E-state index in [0.29, 0.717) is 17.7 Å². The van der Waals surface area contributed by atoms with E-state index in [1.165, 1.54) is 25.6 Å². The zero-order valence-electron chi connectivity index (χ0n) is 12.7. The first-order chi connectivity index (χ1) is 11.1. The van der Waals surface area contributed by atoms with Crippen molar-refractivity contribution in [1.82, 2.24) is 24.8 Å². The van der Waals surface area contributed by atoms with Gasteiger partial charge in [-0.05, 0) is 29.2 Å². The molecule has 1 fully saturated rings. The minimum atomic E-state index is -0.283. The molecule has 0 saturated heterocycles. The third-order valence-corrected chi connectivity index (χ3v) is 5.32. The molecule has 3 aromatic rings. The van der Waals surface area contributed by atoms with E-state index in [1.54, 1.807) is 23.8 Å². The fourth-order valence-electron chi connectivity index (χ4n) is 2.25. The van der Waals surface area contributed by atoms with Crippen LogP contribution in [0, 0.1) is 0 Å². The lowest BCUT2D eigenvalue weighted by Crippen LogP contribution is -2.22. The van der Waals surface area contributed by atoms with Crippen molar-refractivity contribution in [1.29, 1.82) is 0 Å². The lowest BCUT2D eigenvalue weighted by molar-refractivity contribution is 0.303. The molecule has 0 radical (unpaired) electrons. The van der Waals surface area contributed by atoms with Crippen molar-refractivity contribution in [2.75, 3.05) is 0 Å². The SMILES string of the molecule is [3H]c1csc(OCc2c(-n3nnn(C)c3=O)csc2C2CC2)n1. The number of thiazole rings is 1. The minimum absolute atomic E-state index is 0.197. The topological polar surface area (TPSA) is 74.8 Å². The normalized spacial score (nSPS) is 15.0. The fraction of sp³-hybridized carbons (Fsp3) is 0.385. The predicted molar refractivity (Wildman–Crippen MR) is 82.9 cm³/mol. The van der Waals surface area contributed by atoms with Gasteiger partial charge in [-0.15, -0.1) is 11.3 Å². The standard InChI is InChI=1S/C13H13N5O2S2/c1-17-13(19)18(16-15-17)10-7-22-11(8-2-3-8)9(10)6-20-12-14-4-5-21-12/h4-5,7-8H,2-3,6H2,1H3/i4T. The molecule has 0 aliphatic heterocycles. The summed E-state index contributed by atoms with van der Waals surface area (Å²) in [5.74, 6) is 0.544. The molecule has 1 saturated carbocycles. The minimum Gasteiger partial charge on any atom is -0.465 e. The number of nitrogens with zero attached hydrogens (tertiary/aromatic N) is 5. The highest BCUT2D eigenvalue weighted by molar-refractivity contribution is 7.11. The summed E-state index contributed by atoms with van der Waals surface area (Å²) in [6.45, 7) is 0.306. The Bertz CT molecular complexity index is 908. The van der Waals surface area contributed by atoms with E-state index >= 15 is 0 Å².